The van der Waals surface area contributed by atoms with Crippen molar-refractivity contribution < 1.29 is 14.3 Å². The Labute approximate surface area is 162 Å². The van der Waals surface area contributed by atoms with Gasteiger partial charge in [0.25, 0.3) is 0 Å². The van der Waals surface area contributed by atoms with Crippen LogP contribution in [-0.4, -0.2) is 18.9 Å². The Balaban J connectivity index is 1.84. The first-order chi connectivity index (χ1) is 13.1. The summed E-state index contributed by atoms with van der Waals surface area (Å²) in [5.74, 6) is -0.620. The van der Waals surface area contributed by atoms with Crippen LogP contribution in [0, 0.1) is 0 Å². The maximum absolute atomic E-state index is 12.8. The quantitative estimate of drug-likeness (QED) is 0.795. The summed E-state index contributed by atoms with van der Waals surface area (Å²) in [6.45, 7) is 1.88. The molecule has 0 fully saturated rings. The van der Waals surface area contributed by atoms with Gasteiger partial charge >= 0.3 is 5.97 Å². The summed E-state index contributed by atoms with van der Waals surface area (Å²) in [4.78, 5) is 26.4. The van der Waals surface area contributed by atoms with Gasteiger partial charge in [-0.05, 0) is 42.3 Å². The molecule has 0 spiro atoms. The number of methoxy groups -OCH3 is 1. The lowest BCUT2D eigenvalue weighted by Gasteiger charge is -2.33. The number of benzene rings is 1. The number of hydrogen-bond donors (Lipinski definition) is 1. The van der Waals surface area contributed by atoms with Crippen molar-refractivity contribution in [2.24, 2.45) is 0 Å². The van der Waals surface area contributed by atoms with E-state index >= 15 is 0 Å². The van der Waals surface area contributed by atoms with E-state index in [1.807, 2.05) is 25.1 Å². The molecule has 0 amide bonds. The van der Waals surface area contributed by atoms with Crippen molar-refractivity contribution in [1.29, 1.82) is 0 Å². The molecule has 5 heteroatoms. The Morgan fingerprint density at radius 3 is 2.70 bits per heavy atom. The topological polar surface area (TPSA) is 55.4 Å². The van der Waals surface area contributed by atoms with E-state index in [9.17, 15) is 9.59 Å². The minimum absolute atomic E-state index is 0.123. The molecule has 27 heavy (non-hydrogen) atoms. The van der Waals surface area contributed by atoms with Gasteiger partial charge in [0.05, 0.1) is 18.6 Å². The molecular formula is C22H21NO3S. The fourth-order valence-corrected chi connectivity index (χ4v) is 4.97. The average Bonchev–Trinajstić information content (AvgIpc) is 3.17. The molecule has 0 saturated carbocycles. The van der Waals surface area contributed by atoms with Crippen molar-refractivity contribution in [3.63, 3.8) is 0 Å². The number of rotatable bonds is 3. The van der Waals surface area contributed by atoms with Crippen LogP contribution in [-0.2, 0) is 14.3 Å². The molecule has 4 nitrogen and oxygen atoms in total. The Hall–Kier alpha value is -2.66. The number of thiophene rings is 1. The largest absolute Gasteiger partial charge is 0.466 e. The van der Waals surface area contributed by atoms with Crippen LogP contribution in [0.2, 0.25) is 0 Å². The van der Waals surface area contributed by atoms with Crippen molar-refractivity contribution in [2.45, 2.75) is 32.1 Å². The highest BCUT2D eigenvalue weighted by Crippen LogP contribution is 2.45. The SMILES string of the molecule is COC(=O)C1=C(C)NC2=C(C(=O)CCC2)[C@H]1c1cc(-c2ccccc2)cs1. The highest BCUT2D eigenvalue weighted by Gasteiger charge is 2.39. The molecule has 0 unspecified atom stereocenters. The van der Waals surface area contributed by atoms with Gasteiger partial charge in [0, 0.05) is 28.3 Å². The van der Waals surface area contributed by atoms with Gasteiger partial charge < -0.3 is 10.1 Å². The normalized spacial score (nSPS) is 19.6. The standard InChI is InChI=1S/C22H21NO3S/c1-13-19(22(25)26-2)21(20-16(23-13)9-6-10-17(20)24)18-11-15(12-27-18)14-7-4-3-5-8-14/h3-5,7-8,11-12,21,23H,6,9-10H2,1-2H3/t21-/m0/s1. The second kappa shape index (κ2) is 7.16. The monoisotopic (exact) mass is 379 g/mol. The van der Waals surface area contributed by atoms with Crippen LogP contribution < -0.4 is 5.32 Å². The van der Waals surface area contributed by atoms with E-state index in [1.165, 1.54) is 7.11 Å². The molecule has 2 heterocycles. The van der Waals surface area contributed by atoms with Gasteiger partial charge in [-0.25, -0.2) is 4.79 Å². The highest BCUT2D eigenvalue weighted by atomic mass is 32.1. The first-order valence-corrected chi connectivity index (χ1v) is 9.94. The van der Waals surface area contributed by atoms with E-state index < -0.39 is 0 Å². The first-order valence-electron chi connectivity index (χ1n) is 9.06. The number of ether oxygens (including phenoxy) is 1. The van der Waals surface area contributed by atoms with Crippen LogP contribution in [0.15, 0.2) is 64.3 Å². The number of carbonyl (C=O) groups excluding carboxylic acids is 2. The number of allylic oxidation sites excluding steroid dienone is 3. The smallest absolute Gasteiger partial charge is 0.336 e. The lowest BCUT2D eigenvalue weighted by Crippen LogP contribution is -2.33. The fourth-order valence-electron chi connectivity index (χ4n) is 3.93. The van der Waals surface area contributed by atoms with E-state index in [2.05, 4.69) is 28.9 Å². The van der Waals surface area contributed by atoms with Crippen molar-refractivity contribution >= 4 is 23.1 Å². The van der Waals surface area contributed by atoms with Crippen LogP contribution in [0.1, 0.15) is 37.0 Å². The number of carbonyl (C=O) groups is 2. The molecule has 1 aromatic carbocycles. The number of Topliss-reactive ketones (excluding diaryl/α,β-unsaturated/α-hetero) is 1. The molecule has 4 rings (SSSR count). The van der Waals surface area contributed by atoms with Gasteiger partial charge in [-0.3, -0.25) is 4.79 Å². The molecule has 1 aromatic heterocycles. The van der Waals surface area contributed by atoms with Crippen molar-refractivity contribution in [1.82, 2.24) is 5.32 Å². The van der Waals surface area contributed by atoms with E-state index in [1.54, 1.807) is 11.3 Å². The van der Waals surface area contributed by atoms with Crippen LogP contribution >= 0.6 is 11.3 Å². The second-order valence-corrected chi connectivity index (χ2v) is 7.80. The predicted octanol–water partition coefficient (Wildman–Crippen LogP) is 4.56. The van der Waals surface area contributed by atoms with E-state index in [4.69, 9.17) is 4.74 Å². The van der Waals surface area contributed by atoms with Crippen molar-refractivity contribution in [3.05, 3.63) is 69.2 Å². The molecule has 0 saturated heterocycles. The second-order valence-electron chi connectivity index (χ2n) is 6.86. The van der Waals surface area contributed by atoms with E-state index in [-0.39, 0.29) is 17.7 Å². The van der Waals surface area contributed by atoms with Crippen LogP contribution in [0.5, 0.6) is 0 Å². The summed E-state index contributed by atoms with van der Waals surface area (Å²) in [6.07, 6.45) is 2.21. The molecule has 138 valence electrons. The molecule has 2 aliphatic rings. The van der Waals surface area contributed by atoms with Gasteiger partial charge in [0.15, 0.2) is 5.78 Å². The van der Waals surface area contributed by atoms with Crippen molar-refractivity contribution in [3.8, 4) is 11.1 Å². The molecule has 2 aromatic rings. The predicted molar refractivity (Wildman–Crippen MR) is 106 cm³/mol. The lowest BCUT2D eigenvalue weighted by molar-refractivity contribution is -0.136. The summed E-state index contributed by atoms with van der Waals surface area (Å²) in [7, 11) is 1.39. The minimum atomic E-state index is -0.385. The highest BCUT2D eigenvalue weighted by molar-refractivity contribution is 7.10. The Kier molecular flexibility index (Phi) is 4.70. The number of esters is 1. The zero-order chi connectivity index (χ0) is 19.0. The fraction of sp³-hybridized carbons (Fsp3) is 0.273. The maximum Gasteiger partial charge on any atom is 0.336 e. The van der Waals surface area contributed by atoms with Crippen LogP contribution in [0.25, 0.3) is 11.1 Å². The number of dihydropyridines is 1. The van der Waals surface area contributed by atoms with Crippen LogP contribution in [0.3, 0.4) is 0 Å². The van der Waals surface area contributed by atoms with E-state index in [0.717, 1.165) is 45.8 Å². The number of hydrogen-bond acceptors (Lipinski definition) is 5. The zero-order valence-electron chi connectivity index (χ0n) is 15.4. The number of nitrogens with one attached hydrogen (secondary N) is 1. The lowest BCUT2D eigenvalue weighted by atomic mass is 9.78. The first kappa shape index (κ1) is 17.7. The Bertz CT molecular complexity index is 968. The number of ketones is 1. The summed E-state index contributed by atoms with van der Waals surface area (Å²) in [5.41, 5.74) is 5.22. The van der Waals surface area contributed by atoms with Gasteiger partial charge in [-0.1, -0.05) is 30.3 Å². The maximum atomic E-state index is 12.8. The van der Waals surface area contributed by atoms with Gasteiger partial charge in [0.2, 0.25) is 0 Å². The Morgan fingerprint density at radius 1 is 1.19 bits per heavy atom. The minimum Gasteiger partial charge on any atom is -0.466 e. The third-order valence-electron chi connectivity index (χ3n) is 5.19. The molecule has 1 aliphatic carbocycles. The molecule has 1 aliphatic heterocycles. The van der Waals surface area contributed by atoms with Crippen molar-refractivity contribution in [2.75, 3.05) is 7.11 Å². The van der Waals surface area contributed by atoms with Gasteiger partial charge in [0.1, 0.15) is 0 Å². The molecule has 0 radical (unpaired) electrons. The average molecular weight is 379 g/mol. The van der Waals surface area contributed by atoms with E-state index in [0.29, 0.717) is 12.0 Å². The summed E-state index contributed by atoms with van der Waals surface area (Å²) in [5, 5.41) is 5.38. The van der Waals surface area contributed by atoms with Gasteiger partial charge in [-0.15, -0.1) is 11.3 Å². The molecule has 0 bridgehead atoms. The van der Waals surface area contributed by atoms with Crippen LogP contribution in [0.4, 0.5) is 0 Å². The summed E-state index contributed by atoms with van der Waals surface area (Å²) >= 11 is 1.59. The zero-order valence-corrected chi connectivity index (χ0v) is 16.2. The van der Waals surface area contributed by atoms with Gasteiger partial charge in [-0.2, -0.15) is 0 Å². The summed E-state index contributed by atoms with van der Waals surface area (Å²) in [6, 6.07) is 12.2. The Morgan fingerprint density at radius 2 is 1.96 bits per heavy atom. The molecule has 1 atom stereocenters. The third-order valence-corrected chi connectivity index (χ3v) is 6.19. The summed E-state index contributed by atoms with van der Waals surface area (Å²) < 4.78 is 5.05. The molecular weight excluding hydrogens is 358 g/mol. The third kappa shape index (κ3) is 3.12. The molecule has 1 N–H and O–H groups in total.